The second-order valence-electron chi connectivity index (χ2n) is 7.70. The maximum absolute atomic E-state index is 13.6. The Kier molecular flexibility index (Phi) is 6.58. The number of β-amino-alcohol motifs (C(OH)–C–C–N with tert-alkyl or cyclic N) is 1. The van der Waals surface area contributed by atoms with E-state index < -0.39 is 17.7 Å². The maximum Gasteiger partial charge on any atom is 0.325 e. The molecule has 1 fully saturated rings. The number of nitrogens with zero attached hydrogens (tertiary/aromatic N) is 1. The highest BCUT2D eigenvalue weighted by atomic mass is 79.9. The molecular formula is C25H23BrN2O4. The zero-order chi connectivity index (χ0) is 22.6. The number of amides is 3. The molecule has 7 heteroatoms. The average Bonchev–Trinajstić information content (AvgIpc) is 3.05. The van der Waals surface area contributed by atoms with Crippen LogP contribution in [-0.4, -0.2) is 41.2 Å². The van der Waals surface area contributed by atoms with Crippen molar-refractivity contribution in [3.05, 3.63) is 101 Å². The van der Waals surface area contributed by atoms with Gasteiger partial charge in [0.15, 0.2) is 5.54 Å². The highest BCUT2D eigenvalue weighted by Gasteiger charge is 2.52. The van der Waals surface area contributed by atoms with Gasteiger partial charge in [-0.1, -0.05) is 76.6 Å². The lowest BCUT2D eigenvalue weighted by atomic mass is 9.83. The van der Waals surface area contributed by atoms with Gasteiger partial charge in [-0.15, -0.1) is 0 Å². The predicted octanol–water partition coefficient (Wildman–Crippen LogP) is 3.88. The fraction of sp³-hybridized carbons (Fsp3) is 0.200. The highest BCUT2D eigenvalue weighted by Crippen LogP contribution is 2.33. The van der Waals surface area contributed by atoms with Crippen molar-refractivity contribution in [2.45, 2.75) is 18.1 Å². The van der Waals surface area contributed by atoms with Gasteiger partial charge in [-0.05, 0) is 35.4 Å². The Morgan fingerprint density at radius 2 is 1.56 bits per heavy atom. The molecule has 3 aromatic carbocycles. The van der Waals surface area contributed by atoms with Gasteiger partial charge in [0.1, 0.15) is 18.5 Å². The first-order chi connectivity index (χ1) is 15.5. The number of imide groups is 1. The first-order valence-corrected chi connectivity index (χ1v) is 11.1. The highest BCUT2D eigenvalue weighted by molar-refractivity contribution is 9.10. The molecular weight excluding hydrogens is 472 g/mol. The molecule has 2 atom stereocenters. The number of ether oxygens (including phenoxy) is 1. The second-order valence-corrected chi connectivity index (χ2v) is 8.61. The minimum absolute atomic E-state index is 0.0459. The quantitative estimate of drug-likeness (QED) is 0.465. The molecule has 6 nitrogen and oxygen atoms in total. The van der Waals surface area contributed by atoms with Gasteiger partial charge in [0.25, 0.3) is 5.91 Å². The van der Waals surface area contributed by atoms with E-state index >= 15 is 0 Å². The summed E-state index contributed by atoms with van der Waals surface area (Å²) in [6.07, 6.45) is -0.721. The van der Waals surface area contributed by atoms with Crippen molar-refractivity contribution in [1.82, 2.24) is 10.2 Å². The molecule has 4 rings (SSSR count). The summed E-state index contributed by atoms with van der Waals surface area (Å²) in [5, 5.41) is 13.4. The summed E-state index contributed by atoms with van der Waals surface area (Å²) < 4.78 is 6.51. The van der Waals surface area contributed by atoms with Crippen molar-refractivity contribution in [2.24, 2.45) is 0 Å². The number of carbonyl (C=O) groups is 2. The van der Waals surface area contributed by atoms with Crippen LogP contribution in [0.25, 0.3) is 0 Å². The molecule has 2 N–H and O–H groups in total. The Morgan fingerprint density at radius 1 is 0.938 bits per heavy atom. The lowest BCUT2D eigenvalue weighted by molar-refractivity contribution is -0.132. The van der Waals surface area contributed by atoms with Gasteiger partial charge in [0.2, 0.25) is 0 Å². The summed E-state index contributed by atoms with van der Waals surface area (Å²) in [5.74, 6) is 0.201. The smallest absolute Gasteiger partial charge is 0.325 e. The number of carbonyl (C=O) groups excluding carboxylic acids is 2. The Labute approximate surface area is 195 Å². The fourth-order valence-electron chi connectivity index (χ4n) is 3.82. The van der Waals surface area contributed by atoms with Crippen molar-refractivity contribution < 1.29 is 19.4 Å². The number of halogens is 1. The third-order valence-corrected chi connectivity index (χ3v) is 5.93. The van der Waals surface area contributed by atoms with Crippen LogP contribution in [0.15, 0.2) is 89.4 Å². The van der Waals surface area contributed by atoms with E-state index in [0.717, 1.165) is 14.9 Å². The molecule has 0 spiro atoms. The third-order valence-electron chi connectivity index (χ3n) is 5.40. The van der Waals surface area contributed by atoms with E-state index in [4.69, 9.17) is 4.74 Å². The molecule has 3 aromatic rings. The molecule has 32 heavy (non-hydrogen) atoms. The molecule has 1 aliphatic heterocycles. The van der Waals surface area contributed by atoms with Crippen molar-refractivity contribution in [3.8, 4) is 5.75 Å². The number of aliphatic hydroxyl groups excluding tert-OH is 1. The molecule has 0 bridgehead atoms. The molecule has 1 saturated heterocycles. The molecule has 0 saturated carbocycles. The molecule has 3 amide bonds. The zero-order valence-electron chi connectivity index (χ0n) is 17.3. The number of hydrogen-bond donors (Lipinski definition) is 2. The van der Waals surface area contributed by atoms with Gasteiger partial charge in [-0.2, -0.15) is 0 Å². The van der Waals surface area contributed by atoms with E-state index in [1.54, 1.807) is 12.1 Å². The van der Waals surface area contributed by atoms with Crippen LogP contribution in [0, 0.1) is 0 Å². The van der Waals surface area contributed by atoms with Crippen molar-refractivity contribution in [3.63, 3.8) is 0 Å². The van der Waals surface area contributed by atoms with Gasteiger partial charge in [-0.3, -0.25) is 9.69 Å². The maximum atomic E-state index is 13.6. The van der Waals surface area contributed by atoms with E-state index in [0.29, 0.717) is 17.7 Å². The van der Waals surface area contributed by atoms with E-state index in [-0.39, 0.29) is 19.1 Å². The van der Waals surface area contributed by atoms with Gasteiger partial charge in [-0.25, -0.2) is 4.79 Å². The summed E-state index contributed by atoms with van der Waals surface area (Å²) in [5.41, 5.74) is 0.391. The number of nitrogens with one attached hydrogen (secondary N) is 1. The predicted molar refractivity (Wildman–Crippen MR) is 124 cm³/mol. The number of rotatable bonds is 8. The van der Waals surface area contributed by atoms with Crippen LogP contribution in [0.5, 0.6) is 5.75 Å². The number of urea groups is 1. The molecule has 0 radical (unpaired) electrons. The topological polar surface area (TPSA) is 78.9 Å². The molecule has 1 aliphatic rings. The SMILES string of the molecule is O=C1N[C@](Cc2ccccc2)(c2ccccc2)C(=O)N1C[C@H](O)COc1ccc(Br)cc1. The van der Waals surface area contributed by atoms with E-state index in [1.807, 2.05) is 72.8 Å². The Balaban J connectivity index is 1.52. The standard InChI is InChI=1S/C25H23BrN2O4/c26-20-11-13-22(14-12-20)32-17-21(29)16-28-23(30)25(27-24(28)31,19-9-5-2-6-10-19)15-18-7-3-1-4-8-18/h1-14,21,29H,15-17H2,(H,27,31)/t21-,25+/m0/s1. The first kappa shape index (κ1) is 22.0. The van der Waals surface area contributed by atoms with Crippen LogP contribution in [0.2, 0.25) is 0 Å². The second kappa shape index (κ2) is 9.54. The number of aliphatic hydroxyl groups is 1. The van der Waals surface area contributed by atoms with Crippen LogP contribution < -0.4 is 10.1 Å². The van der Waals surface area contributed by atoms with E-state index in [9.17, 15) is 14.7 Å². The minimum Gasteiger partial charge on any atom is -0.491 e. The van der Waals surface area contributed by atoms with Crippen LogP contribution >= 0.6 is 15.9 Å². The summed E-state index contributed by atoms with van der Waals surface area (Å²) >= 11 is 3.36. The third kappa shape index (κ3) is 4.69. The van der Waals surface area contributed by atoms with Gasteiger partial charge < -0.3 is 15.2 Å². The van der Waals surface area contributed by atoms with Gasteiger partial charge in [0.05, 0.1) is 6.54 Å². The van der Waals surface area contributed by atoms with Gasteiger partial charge in [0, 0.05) is 10.9 Å². The van der Waals surface area contributed by atoms with Crippen molar-refractivity contribution in [1.29, 1.82) is 0 Å². The molecule has 0 aromatic heterocycles. The Hall–Kier alpha value is -3.16. The number of benzene rings is 3. The first-order valence-electron chi connectivity index (χ1n) is 10.3. The largest absolute Gasteiger partial charge is 0.491 e. The van der Waals surface area contributed by atoms with Crippen LogP contribution in [0.4, 0.5) is 4.79 Å². The van der Waals surface area contributed by atoms with Crippen LogP contribution in [0.1, 0.15) is 11.1 Å². The monoisotopic (exact) mass is 494 g/mol. The fourth-order valence-corrected chi connectivity index (χ4v) is 4.09. The lowest BCUT2D eigenvalue weighted by Crippen LogP contribution is -2.46. The summed E-state index contributed by atoms with van der Waals surface area (Å²) in [6.45, 7) is -0.208. The van der Waals surface area contributed by atoms with Gasteiger partial charge >= 0.3 is 6.03 Å². The average molecular weight is 495 g/mol. The van der Waals surface area contributed by atoms with E-state index in [1.165, 1.54) is 0 Å². The Morgan fingerprint density at radius 3 is 2.22 bits per heavy atom. The minimum atomic E-state index is -1.23. The summed E-state index contributed by atoms with van der Waals surface area (Å²) in [7, 11) is 0. The summed E-state index contributed by atoms with van der Waals surface area (Å²) in [6, 6.07) is 25.4. The van der Waals surface area contributed by atoms with Crippen LogP contribution in [0.3, 0.4) is 0 Å². The van der Waals surface area contributed by atoms with E-state index in [2.05, 4.69) is 21.2 Å². The van der Waals surface area contributed by atoms with Crippen molar-refractivity contribution in [2.75, 3.05) is 13.2 Å². The molecule has 0 aliphatic carbocycles. The molecule has 164 valence electrons. The lowest BCUT2D eigenvalue weighted by Gasteiger charge is -2.28. The zero-order valence-corrected chi connectivity index (χ0v) is 18.9. The summed E-state index contributed by atoms with van der Waals surface area (Å²) in [4.78, 5) is 27.5. The molecule has 0 unspecified atom stereocenters. The van der Waals surface area contributed by atoms with Crippen LogP contribution in [-0.2, 0) is 16.8 Å². The molecule has 1 heterocycles. The van der Waals surface area contributed by atoms with Crippen molar-refractivity contribution >= 4 is 27.9 Å². The Bertz CT molecular complexity index is 1080. The number of hydrogen-bond acceptors (Lipinski definition) is 4. The normalized spacial score (nSPS) is 19.0.